The molecule has 0 unspecified atom stereocenters. The molecular formula is C9H17NO2. The number of aromatic amines is 1. The molecule has 0 aliphatic rings. The van der Waals surface area contributed by atoms with Gasteiger partial charge in [0.25, 0.3) is 0 Å². The van der Waals surface area contributed by atoms with Crippen molar-refractivity contribution < 1.29 is 10.6 Å². The minimum absolute atomic E-state index is 0. The molecule has 0 saturated heterocycles. The Morgan fingerprint density at radius 2 is 2.17 bits per heavy atom. The van der Waals surface area contributed by atoms with Gasteiger partial charge < -0.3 is 15.6 Å². The van der Waals surface area contributed by atoms with Crippen LogP contribution in [0.3, 0.4) is 0 Å². The Balaban J connectivity index is 0.00000121. The van der Waals surface area contributed by atoms with E-state index in [2.05, 4.69) is 11.9 Å². The Hall–Kier alpha value is -0.960. The lowest BCUT2D eigenvalue weighted by atomic mass is 10.1. The summed E-state index contributed by atoms with van der Waals surface area (Å²) in [7, 11) is 0. The highest BCUT2D eigenvalue weighted by Gasteiger charge is 1.95. The zero-order valence-corrected chi connectivity index (χ0v) is 7.43. The number of rotatable bonds is 4. The number of hydrogen-bond donors (Lipinski definition) is 2. The van der Waals surface area contributed by atoms with Crippen molar-refractivity contribution in [2.24, 2.45) is 0 Å². The van der Waals surface area contributed by atoms with Crippen LogP contribution in [0.5, 0.6) is 5.88 Å². The average molecular weight is 171 g/mol. The van der Waals surface area contributed by atoms with Crippen molar-refractivity contribution in [1.29, 1.82) is 0 Å². The molecule has 0 radical (unpaired) electrons. The molecule has 3 heteroatoms. The Morgan fingerprint density at radius 1 is 1.42 bits per heavy atom. The van der Waals surface area contributed by atoms with Crippen molar-refractivity contribution in [1.82, 2.24) is 4.98 Å². The van der Waals surface area contributed by atoms with Crippen molar-refractivity contribution in [2.45, 2.75) is 32.6 Å². The van der Waals surface area contributed by atoms with E-state index < -0.39 is 0 Å². The van der Waals surface area contributed by atoms with Crippen molar-refractivity contribution in [3.63, 3.8) is 0 Å². The predicted octanol–water partition coefficient (Wildman–Crippen LogP) is 1.63. The van der Waals surface area contributed by atoms with Gasteiger partial charge in [-0.1, -0.05) is 19.8 Å². The van der Waals surface area contributed by atoms with E-state index in [1.165, 1.54) is 24.8 Å². The molecule has 0 saturated carbocycles. The van der Waals surface area contributed by atoms with Crippen LogP contribution >= 0.6 is 0 Å². The molecule has 0 bridgehead atoms. The molecule has 4 N–H and O–H groups in total. The van der Waals surface area contributed by atoms with Gasteiger partial charge in [0.15, 0.2) is 5.88 Å². The topological polar surface area (TPSA) is 67.5 Å². The standard InChI is InChI=1S/C9H15NO.H2O/c1-2-3-4-5-8-6-9(11)10-7-8;/h6-7,10-11H,2-5H2,1H3;1H2. The van der Waals surface area contributed by atoms with E-state index in [1.54, 1.807) is 6.07 Å². The van der Waals surface area contributed by atoms with Crippen LogP contribution in [-0.4, -0.2) is 15.6 Å². The third-order valence-electron chi connectivity index (χ3n) is 1.80. The second kappa shape index (κ2) is 5.66. The van der Waals surface area contributed by atoms with Gasteiger partial charge in [-0.05, 0) is 18.4 Å². The molecule has 0 spiro atoms. The minimum atomic E-state index is 0. The second-order valence-electron chi connectivity index (χ2n) is 2.85. The molecule has 1 heterocycles. The van der Waals surface area contributed by atoms with Crippen LogP contribution in [0.15, 0.2) is 12.3 Å². The molecule has 0 amide bonds. The van der Waals surface area contributed by atoms with Gasteiger partial charge in [-0.3, -0.25) is 0 Å². The Labute approximate surface area is 72.7 Å². The third-order valence-corrected chi connectivity index (χ3v) is 1.80. The third kappa shape index (κ3) is 3.44. The van der Waals surface area contributed by atoms with Crippen LogP contribution in [0.1, 0.15) is 31.7 Å². The SMILES string of the molecule is CCCCCc1c[nH]c(O)c1.O. The number of aryl methyl sites for hydroxylation is 1. The van der Waals surface area contributed by atoms with E-state index in [9.17, 15) is 0 Å². The lowest BCUT2D eigenvalue weighted by molar-refractivity contribution is 0.457. The van der Waals surface area contributed by atoms with Crippen LogP contribution in [0.2, 0.25) is 0 Å². The Morgan fingerprint density at radius 3 is 2.67 bits per heavy atom. The molecule has 70 valence electrons. The fourth-order valence-electron chi connectivity index (χ4n) is 1.15. The van der Waals surface area contributed by atoms with Crippen LogP contribution in [0, 0.1) is 0 Å². The lowest BCUT2D eigenvalue weighted by Gasteiger charge is -1.93. The first-order valence-corrected chi connectivity index (χ1v) is 4.19. The Kier molecular flexibility index (Phi) is 5.21. The fraction of sp³-hybridized carbons (Fsp3) is 0.556. The maximum absolute atomic E-state index is 8.95. The normalized spacial score (nSPS) is 9.42. The second-order valence-corrected chi connectivity index (χ2v) is 2.85. The summed E-state index contributed by atoms with van der Waals surface area (Å²) in [6, 6.07) is 1.79. The monoisotopic (exact) mass is 171 g/mol. The van der Waals surface area contributed by atoms with E-state index in [4.69, 9.17) is 5.11 Å². The number of unbranched alkanes of at least 4 members (excludes halogenated alkanes) is 2. The quantitative estimate of drug-likeness (QED) is 0.664. The zero-order chi connectivity index (χ0) is 8.10. The molecule has 0 atom stereocenters. The average Bonchev–Trinajstić information content (AvgIpc) is 2.37. The van der Waals surface area contributed by atoms with E-state index in [1.807, 2.05) is 6.20 Å². The summed E-state index contributed by atoms with van der Waals surface area (Å²) >= 11 is 0. The molecule has 1 aromatic rings. The molecule has 3 nitrogen and oxygen atoms in total. The largest absolute Gasteiger partial charge is 0.495 e. The first-order valence-electron chi connectivity index (χ1n) is 4.19. The highest BCUT2D eigenvalue weighted by atomic mass is 16.3. The van der Waals surface area contributed by atoms with E-state index in [0.29, 0.717) is 0 Å². The van der Waals surface area contributed by atoms with Crippen LogP contribution in [0.25, 0.3) is 0 Å². The molecular weight excluding hydrogens is 154 g/mol. The van der Waals surface area contributed by atoms with Gasteiger partial charge in [-0.25, -0.2) is 0 Å². The fourth-order valence-corrected chi connectivity index (χ4v) is 1.15. The smallest absolute Gasteiger partial charge is 0.188 e. The summed E-state index contributed by atoms with van der Waals surface area (Å²) in [5, 5.41) is 8.95. The number of hydrogen-bond acceptors (Lipinski definition) is 1. The minimum Gasteiger partial charge on any atom is -0.495 e. The van der Waals surface area contributed by atoms with E-state index in [-0.39, 0.29) is 11.4 Å². The van der Waals surface area contributed by atoms with Gasteiger partial charge >= 0.3 is 0 Å². The van der Waals surface area contributed by atoms with Gasteiger partial charge in [0.1, 0.15) is 0 Å². The summed E-state index contributed by atoms with van der Waals surface area (Å²) in [5.41, 5.74) is 1.20. The lowest BCUT2D eigenvalue weighted by Crippen LogP contribution is -1.80. The number of nitrogens with one attached hydrogen (secondary N) is 1. The summed E-state index contributed by atoms with van der Waals surface area (Å²) in [6.45, 7) is 2.19. The van der Waals surface area contributed by atoms with Gasteiger partial charge in [-0.15, -0.1) is 0 Å². The van der Waals surface area contributed by atoms with Gasteiger partial charge in [0.05, 0.1) is 0 Å². The van der Waals surface area contributed by atoms with Crippen molar-refractivity contribution >= 4 is 0 Å². The van der Waals surface area contributed by atoms with E-state index >= 15 is 0 Å². The highest BCUT2D eigenvalue weighted by molar-refractivity contribution is 5.19. The van der Waals surface area contributed by atoms with Gasteiger partial charge in [0.2, 0.25) is 0 Å². The molecule has 0 fully saturated rings. The first kappa shape index (κ1) is 11.0. The summed E-state index contributed by atoms with van der Waals surface area (Å²) in [6.07, 6.45) is 6.67. The highest BCUT2D eigenvalue weighted by Crippen LogP contribution is 2.11. The predicted molar refractivity (Wildman–Crippen MR) is 49.3 cm³/mol. The summed E-state index contributed by atoms with van der Waals surface area (Å²) < 4.78 is 0. The summed E-state index contributed by atoms with van der Waals surface area (Å²) in [4.78, 5) is 2.75. The number of aromatic nitrogens is 1. The molecule has 1 rings (SSSR count). The summed E-state index contributed by atoms with van der Waals surface area (Å²) in [5.74, 6) is 0.275. The zero-order valence-electron chi connectivity index (χ0n) is 7.43. The Bertz CT molecular complexity index is 208. The number of H-pyrrole nitrogens is 1. The van der Waals surface area contributed by atoms with Crippen molar-refractivity contribution in [2.75, 3.05) is 0 Å². The molecule has 12 heavy (non-hydrogen) atoms. The van der Waals surface area contributed by atoms with Crippen LogP contribution in [-0.2, 0) is 6.42 Å². The maximum Gasteiger partial charge on any atom is 0.188 e. The molecule has 1 aromatic heterocycles. The van der Waals surface area contributed by atoms with Crippen LogP contribution in [0.4, 0.5) is 0 Å². The van der Waals surface area contributed by atoms with E-state index in [0.717, 1.165) is 6.42 Å². The van der Waals surface area contributed by atoms with Crippen LogP contribution < -0.4 is 0 Å². The molecule has 0 aromatic carbocycles. The van der Waals surface area contributed by atoms with Gasteiger partial charge in [0, 0.05) is 12.3 Å². The molecule has 0 aliphatic heterocycles. The van der Waals surface area contributed by atoms with Gasteiger partial charge in [-0.2, -0.15) is 0 Å². The first-order chi connectivity index (χ1) is 5.33. The number of aromatic hydroxyl groups is 1. The molecule has 0 aliphatic carbocycles. The maximum atomic E-state index is 8.95. The van der Waals surface area contributed by atoms with Crippen molar-refractivity contribution in [3.05, 3.63) is 17.8 Å². The van der Waals surface area contributed by atoms with Crippen molar-refractivity contribution in [3.8, 4) is 5.88 Å².